The zero-order valence-electron chi connectivity index (χ0n) is 12.2. The van der Waals surface area contributed by atoms with Gasteiger partial charge in [-0.15, -0.1) is 0 Å². The van der Waals surface area contributed by atoms with E-state index in [-0.39, 0.29) is 35.0 Å². The maximum atomic E-state index is 11.0. The summed E-state index contributed by atoms with van der Waals surface area (Å²) in [5.74, 6) is -0.104. The van der Waals surface area contributed by atoms with Gasteiger partial charge in [-0.3, -0.25) is 10.1 Å². The van der Waals surface area contributed by atoms with Crippen molar-refractivity contribution in [3.8, 4) is 5.75 Å². The number of hydrogen-bond acceptors (Lipinski definition) is 6. The first kappa shape index (κ1) is 16.7. The molecule has 0 aliphatic carbocycles. The minimum absolute atomic E-state index is 0.104. The highest BCUT2D eigenvalue weighted by molar-refractivity contribution is 5.97. The zero-order chi connectivity index (χ0) is 16.0. The molecule has 0 saturated heterocycles. The molecular weight excluding hydrogens is 278 g/mol. The highest BCUT2D eigenvalue weighted by Crippen LogP contribution is 2.28. The molecule has 116 valence electrons. The van der Waals surface area contributed by atoms with Crippen molar-refractivity contribution >= 4 is 11.5 Å². The molecule has 0 heterocycles. The molecule has 0 aliphatic heterocycles. The van der Waals surface area contributed by atoms with E-state index in [1.807, 2.05) is 20.8 Å². The standard InChI is InChI=1S/C13H19N3O5/c1-13(2,3)21-7-6-20-11-5-4-9(12(14)15-17)8-10(11)16(18)19/h4-5,8,17H,6-7H2,1-3H3,(H2,14,15). The van der Waals surface area contributed by atoms with Gasteiger partial charge in [0, 0.05) is 11.6 Å². The van der Waals surface area contributed by atoms with Crippen LogP contribution in [0.2, 0.25) is 0 Å². The maximum Gasteiger partial charge on any atom is 0.311 e. The van der Waals surface area contributed by atoms with Gasteiger partial charge >= 0.3 is 5.69 Å². The summed E-state index contributed by atoms with van der Waals surface area (Å²) in [6.45, 7) is 6.20. The minimum Gasteiger partial charge on any atom is -0.484 e. The lowest BCUT2D eigenvalue weighted by Gasteiger charge is -2.19. The Morgan fingerprint density at radius 1 is 1.43 bits per heavy atom. The van der Waals surface area contributed by atoms with Crippen LogP contribution in [0.15, 0.2) is 23.4 Å². The maximum absolute atomic E-state index is 11.0. The van der Waals surface area contributed by atoms with Gasteiger partial charge in [0.15, 0.2) is 11.6 Å². The Kier molecular flexibility index (Phi) is 5.48. The third kappa shape index (κ3) is 5.27. The smallest absolute Gasteiger partial charge is 0.311 e. The molecule has 0 fully saturated rings. The van der Waals surface area contributed by atoms with E-state index in [9.17, 15) is 10.1 Å². The van der Waals surface area contributed by atoms with Crippen LogP contribution in [0.5, 0.6) is 5.75 Å². The topological polar surface area (TPSA) is 120 Å². The van der Waals surface area contributed by atoms with Gasteiger partial charge in [0.25, 0.3) is 0 Å². The number of hydrogen-bond donors (Lipinski definition) is 2. The van der Waals surface area contributed by atoms with Gasteiger partial charge in [-0.2, -0.15) is 0 Å². The minimum atomic E-state index is -0.589. The number of nitrogens with two attached hydrogens (primary N) is 1. The van der Waals surface area contributed by atoms with E-state index in [1.165, 1.54) is 18.2 Å². The summed E-state index contributed by atoms with van der Waals surface area (Å²) in [7, 11) is 0. The Bertz CT molecular complexity index is 537. The van der Waals surface area contributed by atoms with Crippen molar-refractivity contribution < 1.29 is 19.6 Å². The Labute approximate surface area is 122 Å². The normalized spacial score (nSPS) is 12.2. The summed E-state index contributed by atoms with van der Waals surface area (Å²) in [6, 6.07) is 4.07. The van der Waals surface area contributed by atoms with Crippen LogP contribution in [-0.2, 0) is 4.74 Å². The molecule has 8 heteroatoms. The highest BCUT2D eigenvalue weighted by Gasteiger charge is 2.18. The van der Waals surface area contributed by atoms with Crippen molar-refractivity contribution in [3.63, 3.8) is 0 Å². The van der Waals surface area contributed by atoms with E-state index < -0.39 is 4.92 Å². The lowest BCUT2D eigenvalue weighted by Crippen LogP contribution is -2.22. The Balaban J connectivity index is 2.80. The fourth-order valence-corrected chi connectivity index (χ4v) is 1.50. The Morgan fingerprint density at radius 3 is 2.62 bits per heavy atom. The van der Waals surface area contributed by atoms with Crippen molar-refractivity contribution in [1.82, 2.24) is 0 Å². The Morgan fingerprint density at radius 2 is 2.10 bits per heavy atom. The molecule has 21 heavy (non-hydrogen) atoms. The Hall–Kier alpha value is -2.35. The van der Waals surface area contributed by atoms with Crippen LogP contribution in [0.25, 0.3) is 0 Å². The second-order valence-corrected chi connectivity index (χ2v) is 5.23. The summed E-state index contributed by atoms with van der Waals surface area (Å²) < 4.78 is 10.8. The fourth-order valence-electron chi connectivity index (χ4n) is 1.50. The van der Waals surface area contributed by atoms with E-state index in [4.69, 9.17) is 20.4 Å². The number of nitro benzene ring substituents is 1. The molecule has 0 aromatic heterocycles. The predicted octanol–water partition coefficient (Wildman–Crippen LogP) is 1.88. The first-order valence-electron chi connectivity index (χ1n) is 6.27. The third-order valence-corrected chi connectivity index (χ3v) is 2.44. The van der Waals surface area contributed by atoms with Gasteiger partial charge < -0.3 is 20.4 Å². The second-order valence-electron chi connectivity index (χ2n) is 5.23. The molecule has 0 unspecified atom stereocenters. The largest absolute Gasteiger partial charge is 0.484 e. The zero-order valence-corrected chi connectivity index (χ0v) is 12.2. The fraction of sp³-hybridized carbons (Fsp3) is 0.462. The first-order valence-corrected chi connectivity index (χ1v) is 6.27. The third-order valence-electron chi connectivity index (χ3n) is 2.44. The summed E-state index contributed by atoms with van der Waals surface area (Å²) in [5.41, 5.74) is 5.08. The number of amidine groups is 1. The van der Waals surface area contributed by atoms with Crippen molar-refractivity contribution in [1.29, 1.82) is 0 Å². The van der Waals surface area contributed by atoms with Crippen LogP contribution >= 0.6 is 0 Å². The molecular formula is C13H19N3O5. The van der Waals surface area contributed by atoms with Crippen LogP contribution < -0.4 is 10.5 Å². The van der Waals surface area contributed by atoms with E-state index in [0.717, 1.165) is 0 Å². The molecule has 0 atom stereocenters. The van der Waals surface area contributed by atoms with Crippen molar-refractivity contribution in [2.75, 3.05) is 13.2 Å². The highest BCUT2D eigenvalue weighted by atomic mass is 16.6. The van der Waals surface area contributed by atoms with E-state index in [0.29, 0.717) is 6.61 Å². The van der Waals surface area contributed by atoms with E-state index in [2.05, 4.69) is 5.16 Å². The number of oxime groups is 1. The van der Waals surface area contributed by atoms with Crippen LogP contribution in [0.4, 0.5) is 5.69 Å². The van der Waals surface area contributed by atoms with Crippen molar-refractivity contribution in [2.24, 2.45) is 10.9 Å². The van der Waals surface area contributed by atoms with Gasteiger partial charge in [0.1, 0.15) is 6.61 Å². The van der Waals surface area contributed by atoms with Crippen molar-refractivity contribution in [3.05, 3.63) is 33.9 Å². The molecule has 8 nitrogen and oxygen atoms in total. The van der Waals surface area contributed by atoms with Gasteiger partial charge in [-0.1, -0.05) is 5.16 Å². The number of nitro groups is 1. The van der Waals surface area contributed by atoms with E-state index in [1.54, 1.807) is 0 Å². The first-order chi connectivity index (χ1) is 9.74. The summed E-state index contributed by atoms with van der Waals surface area (Å²) >= 11 is 0. The summed E-state index contributed by atoms with van der Waals surface area (Å²) in [6.07, 6.45) is 0. The number of benzene rings is 1. The average molecular weight is 297 g/mol. The molecule has 0 radical (unpaired) electrons. The molecule has 3 N–H and O–H groups in total. The van der Waals surface area contributed by atoms with Crippen LogP contribution in [0, 0.1) is 10.1 Å². The molecule has 0 bridgehead atoms. The van der Waals surface area contributed by atoms with Gasteiger partial charge in [-0.25, -0.2) is 0 Å². The number of ether oxygens (including phenoxy) is 2. The van der Waals surface area contributed by atoms with E-state index >= 15 is 0 Å². The number of rotatable bonds is 6. The lowest BCUT2D eigenvalue weighted by atomic mass is 10.1. The van der Waals surface area contributed by atoms with Crippen LogP contribution in [0.1, 0.15) is 26.3 Å². The molecule has 0 spiro atoms. The predicted molar refractivity (Wildman–Crippen MR) is 76.8 cm³/mol. The summed E-state index contributed by atoms with van der Waals surface area (Å²) in [5, 5.41) is 22.4. The molecule has 1 aromatic carbocycles. The molecule has 1 aromatic rings. The monoisotopic (exact) mass is 297 g/mol. The van der Waals surface area contributed by atoms with Gasteiger partial charge in [-0.05, 0) is 32.9 Å². The molecule has 0 aliphatic rings. The second kappa shape index (κ2) is 6.89. The lowest BCUT2D eigenvalue weighted by molar-refractivity contribution is -0.385. The molecule has 1 rings (SSSR count). The van der Waals surface area contributed by atoms with Gasteiger partial charge in [0.2, 0.25) is 0 Å². The molecule has 0 saturated carbocycles. The van der Waals surface area contributed by atoms with Crippen LogP contribution in [-0.4, -0.2) is 34.8 Å². The summed E-state index contributed by atoms with van der Waals surface area (Å²) in [4.78, 5) is 10.4. The average Bonchev–Trinajstić information content (AvgIpc) is 2.41. The van der Waals surface area contributed by atoms with Gasteiger partial charge in [0.05, 0.1) is 17.1 Å². The quantitative estimate of drug-likeness (QED) is 0.206. The van der Waals surface area contributed by atoms with Crippen LogP contribution in [0.3, 0.4) is 0 Å². The number of nitrogens with zero attached hydrogens (tertiary/aromatic N) is 2. The SMILES string of the molecule is CC(C)(C)OCCOc1ccc(/C(N)=N/O)cc1[N+](=O)[O-]. The molecule has 0 amide bonds. The van der Waals surface area contributed by atoms with Crippen molar-refractivity contribution in [2.45, 2.75) is 26.4 Å².